The number of rotatable bonds is 3. The summed E-state index contributed by atoms with van der Waals surface area (Å²) in [5, 5.41) is 0. The maximum absolute atomic E-state index is 6.32. The molecule has 2 rings (SSSR count). The summed E-state index contributed by atoms with van der Waals surface area (Å²) in [4.78, 5) is 2.71. The highest BCUT2D eigenvalue weighted by Crippen LogP contribution is 2.43. The minimum atomic E-state index is 0.264. The largest absolute Gasteiger partial charge is 0.329 e. The quantitative estimate of drug-likeness (QED) is 0.772. The van der Waals surface area contributed by atoms with Gasteiger partial charge >= 0.3 is 0 Å². The third-order valence-corrected chi connectivity index (χ3v) is 6.75. The smallest absolute Gasteiger partial charge is 0.0331 e. The Hall–Kier alpha value is -0.0800. The van der Waals surface area contributed by atoms with E-state index in [-0.39, 0.29) is 5.54 Å². The predicted octanol–water partition coefficient (Wildman–Crippen LogP) is 4.57. The van der Waals surface area contributed by atoms with Crippen LogP contribution in [-0.2, 0) is 0 Å². The maximum Gasteiger partial charge on any atom is 0.0331 e. The van der Waals surface area contributed by atoms with Crippen molar-refractivity contribution in [3.63, 3.8) is 0 Å². The molecule has 0 aromatic heterocycles. The molecule has 2 aliphatic rings. The fourth-order valence-corrected chi connectivity index (χ4v) is 4.58. The van der Waals surface area contributed by atoms with Crippen molar-refractivity contribution in [1.82, 2.24) is 4.90 Å². The van der Waals surface area contributed by atoms with Gasteiger partial charge in [0, 0.05) is 18.1 Å². The minimum Gasteiger partial charge on any atom is -0.329 e. The molecule has 0 heterocycles. The Bertz CT molecular complexity index is 337. The Labute approximate surface area is 132 Å². The number of hydrogen-bond acceptors (Lipinski definition) is 2. The molecule has 2 nitrogen and oxygen atoms in total. The Morgan fingerprint density at radius 1 is 0.857 bits per heavy atom. The zero-order valence-corrected chi connectivity index (χ0v) is 15.2. The molecular weight excluding hydrogens is 256 g/mol. The summed E-state index contributed by atoms with van der Waals surface area (Å²) in [6, 6.07) is 0.753. The molecule has 0 saturated heterocycles. The van der Waals surface area contributed by atoms with Gasteiger partial charge in [-0.15, -0.1) is 0 Å². The van der Waals surface area contributed by atoms with Gasteiger partial charge in [0.1, 0.15) is 0 Å². The molecule has 2 saturated carbocycles. The van der Waals surface area contributed by atoms with Gasteiger partial charge in [-0.05, 0) is 69.2 Å². The van der Waals surface area contributed by atoms with E-state index in [1.54, 1.807) is 0 Å². The lowest BCUT2D eigenvalue weighted by molar-refractivity contribution is 0.0249. The van der Waals surface area contributed by atoms with E-state index in [2.05, 4.69) is 39.6 Å². The number of nitrogens with two attached hydrogens (primary N) is 1. The molecule has 0 aromatic carbocycles. The first-order valence-corrected chi connectivity index (χ1v) is 9.13. The van der Waals surface area contributed by atoms with Crippen molar-refractivity contribution < 1.29 is 0 Å². The molecule has 2 fully saturated rings. The average Bonchev–Trinajstić information content (AvgIpc) is 2.57. The molecule has 2 heteroatoms. The third-order valence-electron chi connectivity index (χ3n) is 6.75. The molecule has 0 aliphatic heterocycles. The van der Waals surface area contributed by atoms with Crippen molar-refractivity contribution in [2.75, 3.05) is 13.6 Å². The first kappa shape index (κ1) is 17.3. The van der Waals surface area contributed by atoms with E-state index >= 15 is 0 Å². The summed E-state index contributed by atoms with van der Waals surface area (Å²) in [6.45, 7) is 10.6. The van der Waals surface area contributed by atoms with Crippen LogP contribution in [0.15, 0.2) is 0 Å². The van der Waals surface area contributed by atoms with Gasteiger partial charge in [0.2, 0.25) is 0 Å². The normalized spacial score (nSPS) is 33.9. The molecule has 21 heavy (non-hydrogen) atoms. The van der Waals surface area contributed by atoms with Crippen molar-refractivity contribution >= 4 is 0 Å². The van der Waals surface area contributed by atoms with Gasteiger partial charge < -0.3 is 5.73 Å². The second-order valence-electron chi connectivity index (χ2n) is 9.45. The third kappa shape index (κ3) is 4.01. The van der Waals surface area contributed by atoms with Gasteiger partial charge in [-0.2, -0.15) is 0 Å². The van der Waals surface area contributed by atoms with Crippen LogP contribution in [0, 0.1) is 10.8 Å². The summed E-state index contributed by atoms with van der Waals surface area (Å²) in [7, 11) is 2.37. The van der Waals surface area contributed by atoms with Gasteiger partial charge in [0.25, 0.3) is 0 Å². The van der Waals surface area contributed by atoms with Crippen LogP contribution < -0.4 is 5.73 Å². The highest BCUT2D eigenvalue weighted by molar-refractivity contribution is 4.98. The van der Waals surface area contributed by atoms with Crippen molar-refractivity contribution in [2.45, 2.75) is 97.1 Å². The van der Waals surface area contributed by atoms with Crippen LogP contribution in [0.3, 0.4) is 0 Å². The minimum absolute atomic E-state index is 0.264. The Balaban J connectivity index is 2.06. The molecule has 0 amide bonds. The molecule has 2 aliphatic carbocycles. The van der Waals surface area contributed by atoms with Crippen molar-refractivity contribution in [3.05, 3.63) is 0 Å². The number of hydrogen-bond donors (Lipinski definition) is 1. The van der Waals surface area contributed by atoms with Gasteiger partial charge in [-0.3, -0.25) is 4.90 Å². The lowest BCUT2D eigenvalue weighted by Gasteiger charge is -2.48. The zero-order chi connectivity index (χ0) is 15.7. The highest BCUT2D eigenvalue weighted by atomic mass is 15.2. The van der Waals surface area contributed by atoms with E-state index in [1.807, 2.05) is 0 Å². The lowest BCUT2D eigenvalue weighted by Crippen LogP contribution is -2.56. The van der Waals surface area contributed by atoms with E-state index in [1.165, 1.54) is 57.8 Å². The SMILES string of the molecule is CN(C1CCC(C)(C)CC1)C1(CN)CCCC(C)(C)CC1. The molecule has 1 atom stereocenters. The summed E-state index contributed by atoms with van der Waals surface area (Å²) in [5.41, 5.74) is 7.64. The van der Waals surface area contributed by atoms with E-state index in [0.717, 1.165) is 12.6 Å². The van der Waals surface area contributed by atoms with Gasteiger partial charge in [0.05, 0.1) is 0 Å². The standard InChI is InChI=1S/C19H38N2/c1-17(2)9-6-10-19(15-20,14-13-17)21(5)16-7-11-18(3,4)12-8-16/h16H,6-15,20H2,1-5H3. The highest BCUT2D eigenvalue weighted by Gasteiger charge is 2.41. The van der Waals surface area contributed by atoms with Crippen LogP contribution >= 0.6 is 0 Å². The van der Waals surface area contributed by atoms with Crippen molar-refractivity contribution in [2.24, 2.45) is 16.6 Å². The van der Waals surface area contributed by atoms with Crippen molar-refractivity contribution in [1.29, 1.82) is 0 Å². The Kier molecular flexibility index (Phi) is 5.10. The van der Waals surface area contributed by atoms with Crippen molar-refractivity contribution in [3.8, 4) is 0 Å². The molecule has 124 valence electrons. The Morgan fingerprint density at radius 3 is 2.00 bits per heavy atom. The first-order valence-electron chi connectivity index (χ1n) is 9.13. The molecule has 2 N–H and O–H groups in total. The van der Waals surface area contributed by atoms with Gasteiger partial charge in [0.15, 0.2) is 0 Å². The summed E-state index contributed by atoms with van der Waals surface area (Å²) in [6.07, 6.45) is 12.1. The fourth-order valence-electron chi connectivity index (χ4n) is 4.58. The topological polar surface area (TPSA) is 29.3 Å². The van der Waals surface area contributed by atoms with E-state index in [4.69, 9.17) is 5.73 Å². The maximum atomic E-state index is 6.32. The predicted molar refractivity (Wildman–Crippen MR) is 92.5 cm³/mol. The van der Waals surface area contributed by atoms with E-state index in [9.17, 15) is 0 Å². The average molecular weight is 295 g/mol. The molecule has 0 aromatic rings. The summed E-state index contributed by atoms with van der Waals surface area (Å²) in [5.74, 6) is 0. The summed E-state index contributed by atoms with van der Waals surface area (Å²) < 4.78 is 0. The second-order valence-corrected chi connectivity index (χ2v) is 9.45. The first-order chi connectivity index (χ1) is 9.70. The molecular formula is C19H38N2. The molecule has 1 unspecified atom stereocenters. The van der Waals surface area contributed by atoms with E-state index in [0.29, 0.717) is 10.8 Å². The fraction of sp³-hybridized carbons (Fsp3) is 1.00. The van der Waals surface area contributed by atoms with Gasteiger partial charge in [-0.25, -0.2) is 0 Å². The zero-order valence-electron chi connectivity index (χ0n) is 15.2. The lowest BCUT2D eigenvalue weighted by atomic mass is 9.74. The van der Waals surface area contributed by atoms with Crippen LogP contribution in [0.2, 0.25) is 0 Å². The number of nitrogens with zero attached hydrogens (tertiary/aromatic N) is 1. The molecule has 0 bridgehead atoms. The molecule has 0 radical (unpaired) electrons. The number of likely N-dealkylation sites (N-methyl/N-ethyl adjacent to an activating group) is 1. The van der Waals surface area contributed by atoms with Crippen LogP contribution in [0.4, 0.5) is 0 Å². The second kappa shape index (κ2) is 6.20. The van der Waals surface area contributed by atoms with Crippen LogP contribution in [0.5, 0.6) is 0 Å². The van der Waals surface area contributed by atoms with Crippen LogP contribution in [0.25, 0.3) is 0 Å². The summed E-state index contributed by atoms with van der Waals surface area (Å²) >= 11 is 0. The monoisotopic (exact) mass is 294 g/mol. The van der Waals surface area contributed by atoms with Gasteiger partial charge in [-0.1, -0.05) is 34.1 Å². The molecule has 0 spiro atoms. The Morgan fingerprint density at radius 2 is 1.43 bits per heavy atom. The van der Waals surface area contributed by atoms with Crippen LogP contribution in [0.1, 0.15) is 85.5 Å². The van der Waals surface area contributed by atoms with Crippen LogP contribution in [-0.4, -0.2) is 30.1 Å². The van der Waals surface area contributed by atoms with E-state index < -0.39 is 0 Å².